The number of alkyl halides is 3. The van der Waals surface area contributed by atoms with Gasteiger partial charge in [-0.2, -0.15) is 18.3 Å². The van der Waals surface area contributed by atoms with Crippen molar-refractivity contribution in [1.82, 2.24) is 14.9 Å². The first-order valence-corrected chi connectivity index (χ1v) is 9.00. The Morgan fingerprint density at radius 1 is 1.17 bits per heavy atom. The molecule has 4 rings (SSSR count). The highest BCUT2D eigenvalue weighted by molar-refractivity contribution is 5.95. The van der Waals surface area contributed by atoms with Crippen molar-refractivity contribution in [3.05, 3.63) is 53.4 Å². The average molecular weight is 426 g/mol. The Balaban J connectivity index is 1.55. The Morgan fingerprint density at radius 3 is 2.53 bits per heavy atom. The van der Waals surface area contributed by atoms with Crippen LogP contribution >= 0.6 is 0 Å². The number of amides is 1. The molecule has 2 aliphatic heterocycles. The van der Waals surface area contributed by atoms with Crippen LogP contribution in [0.5, 0.6) is 0 Å². The van der Waals surface area contributed by atoms with Crippen molar-refractivity contribution in [1.29, 1.82) is 0 Å². The largest absolute Gasteiger partial charge is 0.416 e. The Hall–Kier alpha value is -3.18. The van der Waals surface area contributed by atoms with Crippen LogP contribution in [0.4, 0.5) is 27.9 Å². The van der Waals surface area contributed by atoms with Gasteiger partial charge >= 0.3 is 6.18 Å². The fourth-order valence-electron chi connectivity index (χ4n) is 3.62. The minimum absolute atomic E-state index is 0.0293. The molecule has 12 heteroatoms. The number of piperidine rings is 1. The first kappa shape index (κ1) is 20.1. The molecule has 2 aliphatic rings. The number of benzene rings is 1. The molecule has 1 saturated heterocycles. The fraction of sp³-hybridized carbons (Fsp3) is 0.389. The topological polar surface area (TPSA) is 74.1 Å². The van der Waals surface area contributed by atoms with Crippen LogP contribution in [0.2, 0.25) is 0 Å². The number of hydrogen-bond acceptors (Lipinski definition) is 6. The van der Waals surface area contributed by atoms with E-state index in [9.17, 15) is 26.7 Å². The van der Waals surface area contributed by atoms with Crippen molar-refractivity contribution in [3.8, 4) is 0 Å². The molecule has 0 saturated carbocycles. The molecule has 3 unspecified atom stereocenters. The van der Waals surface area contributed by atoms with Crippen molar-refractivity contribution >= 4 is 11.9 Å². The maximum absolute atomic E-state index is 14.2. The molecule has 3 heterocycles. The van der Waals surface area contributed by atoms with Gasteiger partial charge in [-0.3, -0.25) is 4.79 Å². The summed E-state index contributed by atoms with van der Waals surface area (Å²) in [6.45, 7) is 1.73. The summed E-state index contributed by atoms with van der Waals surface area (Å²) in [5, 5.41) is 9.51. The van der Waals surface area contributed by atoms with Gasteiger partial charge in [-0.15, -0.1) is 0 Å². The monoisotopic (exact) mass is 426 g/mol. The summed E-state index contributed by atoms with van der Waals surface area (Å²) in [6.07, 6.45) is -2.38. The number of aromatic nitrogens is 2. The van der Waals surface area contributed by atoms with E-state index in [1.54, 1.807) is 6.92 Å². The van der Waals surface area contributed by atoms with Crippen molar-refractivity contribution in [2.45, 2.75) is 37.6 Å². The Kier molecular flexibility index (Phi) is 4.86. The van der Waals surface area contributed by atoms with Crippen LogP contribution in [0.1, 0.15) is 29.3 Å². The molecule has 1 aromatic carbocycles. The van der Waals surface area contributed by atoms with Gasteiger partial charge in [0.15, 0.2) is 5.82 Å². The molecule has 0 aliphatic carbocycles. The number of carbonyl (C=O) groups is 1. The maximum Gasteiger partial charge on any atom is 0.416 e. The molecule has 158 valence electrons. The molecule has 2 aromatic rings. The Labute approximate surface area is 167 Å². The van der Waals surface area contributed by atoms with Crippen LogP contribution in [-0.4, -0.2) is 45.4 Å². The number of carbonyl (C=O) groups excluding carboxylic acids is 1. The maximum atomic E-state index is 14.2. The molecular weight excluding hydrogens is 411 g/mol. The minimum Gasteiger partial charge on any atom is -0.333 e. The predicted octanol–water partition coefficient (Wildman–Crippen LogP) is 3.63. The number of nitrogens with zero attached hydrogens (tertiary/aromatic N) is 6. The smallest absolute Gasteiger partial charge is 0.333 e. The van der Waals surface area contributed by atoms with Crippen molar-refractivity contribution < 1.29 is 26.7 Å². The van der Waals surface area contributed by atoms with E-state index in [4.69, 9.17) is 0 Å². The van der Waals surface area contributed by atoms with Gasteiger partial charge in [-0.1, -0.05) is 5.22 Å². The van der Waals surface area contributed by atoms with E-state index in [0.717, 1.165) is 12.4 Å². The van der Waals surface area contributed by atoms with Crippen LogP contribution in [-0.2, 0) is 6.18 Å². The SMILES string of the molecule is CC1CC2C(CN1C(=O)c1cc(C(F)(F)F)ccc1F)N=NN2c1ncc(F)cn1. The summed E-state index contributed by atoms with van der Waals surface area (Å²) in [4.78, 5) is 21.9. The van der Waals surface area contributed by atoms with Gasteiger partial charge in [0.1, 0.15) is 11.9 Å². The highest BCUT2D eigenvalue weighted by atomic mass is 19.4. The molecular formula is C18H15F5N6O. The van der Waals surface area contributed by atoms with E-state index in [0.29, 0.717) is 24.6 Å². The van der Waals surface area contributed by atoms with E-state index < -0.39 is 46.9 Å². The third-order valence-corrected chi connectivity index (χ3v) is 5.15. The first-order chi connectivity index (χ1) is 14.1. The number of hydrogen-bond donors (Lipinski definition) is 0. The van der Waals surface area contributed by atoms with Crippen LogP contribution in [0.15, 0.2) is 40.9 Å². The lowest BCUT2D eigenvalue weighted by Gasteiger charge is -2.40. The lowest BCUT2D eigenvalue weighted by atomic mass is 9.93. The summed E-state index contributed by atoms with van der Waals surface area (Å²) in [6, 6.07) is 0.475. The van der Waals surface area contributed by atoms with E-state index in [1.165, 1.54) is 9.91 Å². The zero-order valence-electron chi connectivity index (χ0n) is 15.5. The normalized spacial score (nSPS) is 23.6. The van der Waals surface area contributed by atoms with Crippen LogP contribution in [0, 0.1) is 11.6 Å². The summed E-state index contributed by atoms with van der Waals surface area (Å²) in [5.74, 6) is -2.35. The molecule has 1 fully saturated rings. The molecule has 1 aromatic heterocycles. The van der Waals surface area contributed by atoms with E-state index in [2.05, 4.69) is 20.3 Å². The third-order valence-electron chi connectivity index (χ3n) is 5.15. The second-order valence-corrected chi connectivity index (χ2v) is 7.12. The summed E-state index contributed by atoms with van der Waals surface area (Å²) in [5.41, 5.74) is -1.75. The van der Waals surface area contributed by atoms with Crippen molar-refractivity contribution in [2.24, 2.45) is 10.3 Å². The quantitative estimate of drug-likeness (QED) is 0.688. The van der Waals surface area contributed by atoms with Gasteiger partial charge in [0, 0.05) is 12.6 Å². The van der Waals surface area contributed by atoms with Crippen molar-refractivity contribution in [3.63, 3.8) is 0 Å². The number of anilines is 1. The Morgan fingerprint density at radius 2 is 1.87 bits per heavy atom. The van der Waals surface area contributed by atoms with Gasteiger partial charge in [0.05, 0.1) is 29.6 Å². The molecule has 30 heavy (non-hydrogen) atoms. The van der Waals surface area contributed by atoms with E-state index in [-0.39, 0.29) is 18.5 Å². The summed E-state index contributed by atoms with van der Waals surface area (Å²) in [7, 11) is 0. The number of halogens is 5. The van der Waals surface area contributed by atoms with Gasteiger partial charge in [-0.05, 0) is 31.5 Å². The first-order valence-electron chi connectivity index (χ1n) is 9.00. The number of fused-ring (bicyclic) bond motifs is 1. The van der Waals surface area contributed by atoms with E-state index in [1.807, 2.05) is 0 Å². The average Bonchev–Trinajstić information content (AvgIpc) is 3.09. The lowest BCUT2D eigenvalue weighted by Crippen LogP contribution is -2.55. The lowest BCUT2D eigenvalue weighted by molar-refractivity contribution is -0.137. The molecule has 1 amide bonds. The van der Waals surface area contributed by atoms with Crippen LogP contribution < -0.4 is 5.01 Å². The zero-order valence-corrected chi connectivity index (χ0v) is 15.5. The predicted molar refractivity (Wildman–Crippen MR) is 93.4 cm³/mol. The standard InChI is InChI=1S/C18H15F5N6O/c1-9-4-15-14(26-27-29(15)17-24-6-11(19)7-25-17)8-28(9)16(30)12-5-10(18(21,22)23)2-3-13(12)20/h2-3,5-7,9,14-15H,4,8H2,1H3. The third kappa shape index (κ3) is 3.57. The Bertz CT molecular complexity index is 996. The van der Waals surface area contributed by atoms with Gasteiger partial charge < -0.3 is 4.90 Å². The molecule has 0 N–H and O–H groups in total. The second kappa shape index (κ2) is 7.26. The summed E-state index contributed by atoms with van der Waals surface area (Å²) >= 11 is 0. The molecule has 0 radical (unpaired) electrons. The van der Waals surface area contributed by atoms with Crippen LogP contribution in [0.25, 0.3) is 0 Å². The highest BCUT2D eigenvalue weighted by Gasteiger charge is 2.44. The van der Waals surface area contributed by atoms with Gasteiger partial charge in [-0.25, -0.2) is 23.8 Å². The van der Waals surface area contributed by atoms with E-state index >= 15 is 0 Å². The molecule has 0 bridgehead atoms. The van der Waals surface area contributed by atoms with Crippen molar-refractivity contribution in [2.75, 3.05) is 11.6 Å². The fourth-order valence-corrected chi connectivity index (χ4v) is 3.62. The minimum atomic E-state index is -4.70. The summed E-state index contributed by atoms with van der Waals surface area (Å²) < 4.78 is 66.1. The molecule has 3 atom stereocenters. The zero-order chi connectivity index (χ0) is 21.6. The highest BCUT2D eigenvalue weighted by Crippen LogP contribution is 2.34. The van der Waals surface area contributed by atoms with Gasteiger partial charge in [0.2, 0.25) is 5.95 Å². The molecule has 0 spiro atoms. The van der Waals surface area contributed by atoms with Gasteiger partial charge in [0.25, 0.3) is 5.91 Å². The number of likely N-dealkylation sites (tertiary alicyclic amines) is 1. The number of rotatable bonds is 2. The second-order valence-electron chi connectivity index (χ2n) is 7.12. The van der Waals surface area contributed by atoms with Crippen LogP contribution in [0.3, 0.4) is 0 Å². The molecule has 7 nitrogen and oxygen atoms in total.